The van der Waals surface area contributed by atoms with Crippen molar-refractivity contribution in [2.24, 2.45) is 17.6 Å². The van der Waals surface area contributed by atoms with Crippen molar-refractivity contribution < 1.29 is 9.18 Å². The maximum atomic E-state index is 13.4. The Labute approximate surface area is 120 Å². The Morgan fingerprint density at radius 3 is 2.65 bits per heavy atom. The molecule has 112 valence electrons. The van der Waals surface area contributed by atoms with E-state index in [9.17, 15) is 9.18 Å². The molecule has 0 aliphatic heterocycles. The van der Waals surface area contributed by atoms with E-state index in [1.807, 2.05) is 0 Å². The second-order valence-corrected chi connectivity index (χ2v) is 5.63. The van der Waals surface area contributed by atoms with Gasteiger partial charge < -0.3 is 11.1 Å². The fraction of sp³-hybridized carbons (Fsp3) is 0.562. The summed E-state index contributed by atoms with van der Waals surface area (Å²) in [6.45, 7) is 5.23. The third kappa shape index (κ3) is 6.15. The summed E-state index contributed by atoms with van der Waals surface area (Å²) in [5, 5.41) is 2.84. The third-order valence-electron chi connectivity index (χ3n) is 3.29. The van der Waals surface area contributed by atoms with E-state index in [-0.39, 0.29) is 17.6 Å². The molecule has 0 aliphatic rings. The number of nitrogens with two attached hydrogens (primary N) is 1. The minimum Gasteiger partial charge on any atom is -0.356 e. The highest BCUT2D eigenvalue weighted by molar-refractivity contribution is 5.76. The average molecular weight is 280 g/mol. The smallest absolute Gasteiger partial charge is 0.220 e. The highest BCUT2D eigenvalue weighted by atomic mass is 19.1. The lowest BCUT2D eigenvalue weighted by molar-refractivity contribution is -0.122. The van der Waals surface area contributed by atoms with Crippen molar-refractivity contribution in [3.8, 4) is 0 Å². The zero-order valence-corrected chi connectivity index (χ0v) is 12.4. The van der Waals surface area contributed by atoms with Crippen LogP contribution in [0.3, 0.4) is 0 Å². The van der Waals surface area contributed by atoms with Crippen molar-refractivity contribution in [1.29, 1.82) is 0 Å². The fourth-order valence-electron chi connectivity index (χ4n) is 2.30. The van der Waals surface area contributed by atoms with Gasteiger partial charge in [-0.3, -0.25) is 4.79 Å². The number of amides is 1. The van der Waals surface area contributed by atoms with Crippen LogP contribution in [-0.2, 0) is 11.2 Å². The van der Waals surface area contributed by atoms with Crippen LogP contribution in [-0.4, -0.2) is 19.0 Å². The second-order valence-electron chi connectivity index (χ2n) is 5.63. The van der Waals surface area contributed by atoms with Crippen molar-refractivity contribution in [2.45, 2.75) is 33.1 Å². The predicted molar refractivity (Wildman–Crippen MR) is 79.7 cm³/mol. The highest BCUT2D eigenvalue weighted by Crippen LogP contribution is 2.14. The quantitative estimate of drug-likeness (QED) is 0.768. The first-order chi connectivity index (χ1) is 9.52. The topological polar surface area (TPSA) is 55.1 Å². The Kier molecular flexibility index (Phi) is 7.23. The first-order valence-electron chi connectivity index (χ1n) is 7.23. The molecule has 0 heterocycles. The summed E-state index contributed by atoms with van der Waals surface area (Å²) in [6.07, 6.45) is 1.92. The van der Waals surface area contributed by atoms with Crippen molar-refractivity contribution in [1.82, 2.24) is 5.32 Å². The molecule has 0 saturated carbocycles. The van der Waals surface area contributed by atoms with Gasteiger partial charge in [0.2, 0.25) is 5.91 Å². The molecular weight excluding hydrogens is 255 g/mol. The normalized spacial score (nSPS) is 12.4. The molecule has 0 bridgehead atoms. The minimum absolute atomic E-state index is 0.00237. The monoisotopic (exact) mass is 280 g/mol. The van der Waals surface area contributed by atoms with Gasteiger partial charge in [-0.15, -0.1) is 0 Å². The van der Waals surface area contributed by atoms with Crippen LogP contribution >= 0.6 is 0 Å². The molecule has 0 aliphatic carbocycles. The zero-order valence-electron chi connectivity index (χ0n) is 12.4. The van der Waals surface area contributed by atoms with Crippen LogP contribution in [0.25, 0.3) is 0 Å². The van der Waals surface area contributed by atoms with Crippen LogP contribution < -0.4 is 11.1 Å². The number of carbonyl (C=O) groups is 1. The van der Waals surface area contributed by atoms with E-state index in [2.05, 4.69) is 19.2 Å². The molecule has 0 fully saturated rings. The fourth-order valence-corrected chi connectivity index (χ4v) is 2.30. The molecule has 0 radical (unpaired) electrons. The van der Waals surface area contributed by atoms with Gasteiger partial charge in [0.05, 0.1) is 0 Å². The van der Waals surface area contributed by atoms with Gasteiger partial charge in [-0.25, -0.2) is 4.39 Å². The van der Waals surface area contributed by atoms with E-state index in [1.165, 1.54) is 6.07 Å². The first kappa shape index (κ1) is 16.6. The van der Waals surface area contributed by atoms with Crippen molar-refractivity contribution in [2.75, 3.05) is 13.1 Å². The number of benzene rings is 1. The molecule has 1 atom stereocenters. The number of rotatable bonds is 8. The van der Waals surface area contributed by atoms with E-state index in [4.69, 9.17) is 5.73 Å². The van der Waals surface area contributed by atoms with Crippen LogP contribution in [0.15, 0.2) is 24.3 Å². The Balaban J connectivity index is 2.31. The molecule has 0 aromatic heterocycles. The lowest BCUT2D eigenvalue weighted by atomic mass is 9.94. The molecular formula is C16H25FN2O. The summed E-state index contributed by atoms with van der Waals surface area (Å²) in [7, 11) is 0. The summed E-state index contributed by atoms with van der Waals surface area (Å²) >= 11 is 0. The second kappa shape index (κ2) is 8.69. The number of halogens is 1. The molecule has 4 heteroatoms. The Morgan fingerprint density at radius 2 is 2.05 bits per heavy atom. The van der Waals surface area contributed by atoms with Gasteiger partial charge in [0, 0.05) is 13.0 Å². The molecule has 0 spiro atoms. The molecule has 3 N–H and O–H groups in total. The van der Waals surface area contributed by atoms with E-state index in [0.717, 1.165) is 6.42 Å². The van der Waals surface area contributed by atoms with Crippen LogP contribution in [0.5, 0.6) is 0 Å². The maximum Gasteiger partial charge on any atom is 0.220 e. The van der Waals surface area contributed by atoms with E-state index >= 15 is 0 Å². The Morgan fingerprint density at radius 1 is 1.35 bits per heavy atom. The molecule has 1 unspecified atom stereocenters. The molecule has 1 aromatic carbocycles. The zero-order chi connectivity index (χ0) is 15.0. The lowest BCUT2D eigenvalue weighted by Crippen LogP contribution is -2.30. The molecule has 1 amide bonds. The summed E-state index contributed by atoms with van der Waals surface area (Å²) in [4.78, 5) is 11.8. The van der Waals surface area contributed by atoms with Gasteiger partial charge in [0.1, 0.15) is 5.82 Å². The van der Waals surface area contributed by atoms with Gasteiger partial charge >= 0.3 is 0 Å². The van der Waals surface area contributed by atoms with Crippen molar-refractivity contribution in [3.05, 3.63) is 35.6 Å². The summed E-state index contributed by atoms with van der Waals surface area (Å²) in [5.41, 5.74) is 6.31. The maximum absolute atomic E-state index is 13.4. The van der Waals surface area contributed by atoms with Crippen molar-refractivity contribution >= 4 is 5.91 Å². The lowest BCUT2D eigenvalue weighted by Gasteiger charge is -2.16. The van der Waals surface area contributed by atoms with Gasteiger partial charge in [-0.1, -0.05) is 32.0 Å². The van der Waals surface area contributed by atoms with Gasteiger partial charge in [0.15, 0.2) is 0 Å². The van der Waals surface area contributed by atoms with E-state index in [1.54, 1.807) is 18.2 Å². The van der Waals surface area contributed by atoms with Crippen LogP contribution in [0, 0.1) is 17.7 Å². The molecule has 20 heavy (non-hydrogen) atoms. The van der Waals surface area contributed by atoms with Crippen molar-refractivity contribution in [3.63, 3.8) is 0 Å². The Bertz CT molecular complexity index is 421. The van der Waals surface area contributed by atoms with Crippen LogP contribution in [0.4, 0.5) is 4.39 Å². The van der Waals surface area contributed by atoms with Crippen LogP contribution in [0.2, 0.25) is 0 Å². The molecule has 0 saturated heterocycles. The summed E-state index contributed by atoms with van der Waals surface area (Å²) < 4.78 is 13.4. The molecule has 3 nitrogen and oxygen atoms in total. The average Bonchev–Trinajstić information content (AvgIpc) is 2.39. The van der Waals surface area contributed by atoms with Gasteiger partial charge in [-0.05, 0) is 42.9 Å². The minimum atomic E-state index is -0.221. The molecule has 1 rings (SSSR count). The van der Waals surface area contributed by atoms with E-state index < -0.39 is 0 Å². The highest BCUT2D eigenvalue weighted by Gasteiger charge is 2.13. The summed E-state index contributed by atoms with van der Waals surface area (Å²) in [5.74, 6) is 0.539. The number of hydrogen-bond donors (Lipinski definition) is 2. The molecule has 1 aromatic rings. The van der Waals surface area contributed by atoms with Gasteiger partial charge in [-0.2, -0.15) is 0 Å². The van der Waals surface area contributed by atoms with E-state index in [0.29, 0.717) is 37.4 Å². The number of nitrogens with one attached hydrogen (secondary N) is 1. The number of hydrogen-bond acceptors (Lipinski definition) is 2. The third-order valence-corrected chi connectivity index (χ3v) is 3.29. The largest absolute Gasteiger partial charge is 0.356 e. The Hall–Kier alpha value is -1.42. The standard InChI is InChI=1S/C16H25FN2O/c1-12(2)9-13(11-18)10-16(20)19-8-7-14-5-3-4-6-15(14)17/h3-6,12-13H,7-11,18H2,1-2H3,(H,19,20). The van der Waals surface area contributed by atoms with Gasteiger partial charge in [0.25, 0.3) is 0 Å². The summed E-state index contributed by atoms with van der Waals surface area (Å²) in [6, 6.07) is 6.63. The first-order valence-corrected chi connectivity index (χ1v) is 7.23. The number of carbonyl (C=O) groups excluding carboxylic acids is 1. The SMILES string of the molecule is CC(C)CC(CN)CC(=O)NCCc1ccccc1F. The van der Waals surface area contributed by atoms with Crippen LogP contribution in [0.1, 0.15) is 32.3 Å². The predicted octanol–water partition coefficient (Wildman–Crippen LogP) is 2.50.